The molecular formula is C15H19NO3. The van der Waals surface area contributed by atoms with E-state index in [0.29, 0.717) is 18.7 Å². The van der Waals surface area contributed by atoms with Gasteiger partial charge >= 0.3 is 5.97 Å². The highest BCUT2D eigenvalue weighted by Crippen LogP contribution is 2.08. The van der Waals surface area contributed by atoms with Crippen LogP contribution in [-0.4, -0.2) is 37.0 Å². The van der Waals surface area contributed by atoms with Gasteiger partial charge in [-0.1, -0.05) is 23.8 Å². The van der Waals surface area contributed by atoms with Gasteiger partial charge in [-0.2, -0.15) is 0 Å². The Morgan fingerprint density at radius 2 is 1.95 bits per heavy atom. The van der Waals surface area contributed by atoms with E-state index in [1.165, 1.54) is 7.11 Å². The molecule has 0 heterocycles. The molecule has 4 heteroatoms. The molecule has 0 saturated heterocycles. The lowest BCUT2D eigenvalue weighted by atomic mass is 10.1. The second-order valence-corrected chi connectivity index (χ2v) is 4.23. The number of carbonyl (C=O) groups is 2. The number of esters is 1. The highest BCUT2D eigenvalue weighted by molar-refractivity contribution is 5.94. The van der Waals surface area contributed by atoms with Gasteiger partial charge in [-0.05, 0) is 19.1 Å². The highest BCUT2D eigenvalue weighted by atomic mass is 16.5. The van der Waals surface area contributed by atoms with Crippen LogP contribution in [0.1, 0.15) is 22.3 Å². The molecule has 0 saturated carbocycles. The van der Waals surface area contributed by atoms with Crippen molar-refractivity contribution in [3.05, 3.63) is 48.0 Å². The molecule has 1 aromatic rings. The molecule has 0 aromatic heterocycles. The van der Waals surface area contributed by atoms with Crippen LogP contribution in [-0.2, 0) is 9.53 Å². The van der Waals surface area contributed by atoms with Gasteiger partial charge in [-0.25, -0.2) is 0 Å². The number of nitrogens with zero attached hydrogens (tertiary/aromatic N) is 1. The van der Waals surface area contributed by atoms with Gasteiger partial charge in [-0.15, -0.1) is 6.58 Å². The average Bonchev–Trinajstić information content (AvgIpc) is 2.43. The number of aryl methyl sites for hydroxylation is 1. The predicted octanol–water partition coefficient (Wildman–Crippen LogP) is 2.19. The van der Waals surface area contributed by atoms with Gasteiger partial charge in [0.2, 0.25) is 0 Å². The fourth-order valence-electron chi connectivity index (χ4n) is 1.64. The molecule has 0 spiro atoms. The van der Waals surface area contributed by atoms with Crippen LogP contribution in [0.25, 0.3) is 0 Å². The van der Waals surface area contributed by atoms with Gasteiger partial charge < -0.3 is 9.64 Å². The van der Waals surface area contributed by atoms with Crippen LogP contribution in [0.3, 0.4) is 0 Å². The lowest BCUT2D eigenvalue weighted by molar-refractivity contribution is -0.140. The van der Waals surface area contributed by atoms with E-state index in [1.807, 2.05) is 19.1 Å². The van der Waals surface area contributed by atoms with E-state index in [4.69, 9.17) is 0 Å². The van der Waals surface area contributed by atoms with Crippen LogP contribution in [0.4, 0.5) is 0 Å². The summed E-state index contributed by atoms with van der Waals surface area (Å²) in [4.78, 5) is 25.0. The summed E-state index contributed by atoms with van der Waals surface area (Å²) in [6, 6.07) is 7.34. The smallest absolute Gasteiger partial charge is 0.307 e. The number of hydrogen-bond acceptors (Lipinski definition) is 3. The lowest BCUT2D eigenvalue weighted by Crippen LogP contribution is -2.33. The number of carbonyl (C=O) groups excluding carboxylic acids is 2. The Morgan fingerprint density at radius 1 is 1.32 bits per heavy atom. The molecule has 102 valence electrons. The molecule has 1 aromatic carbocycles. The van der Waals surface area contributed by atoms with Crippen LogP contribution in [0.5, 0.6) is 0 Å². The van der Waals surface area contributed by atoms with Crippen LogP contribution < -0.4 is 0 Å². The van der Waals surface area contributed by atoms with E-state index in [9.17, 15) is 9.59 Å². The largest absolute Gasteiger partial charge is 0.469 e. The number of ether oxygens (including phenoxy) is 1. The summed E-state index contributed by atoms with van der Waals surface area (Å²) in [5.41, 5.74) is 1.71. The Labute approximate surface area is 113 Å². The number of hydrogen-bond donors (Lipinski definition) is 0. The molecule has 4 nitrogen and oxygen atoms in total. The number of rotatable bonds is 6. The lowest BCUT2D eigenvalue weighted by Gasteiger charge is -2.20. The fraction of sp³-hybridized carbons (Fsp3) is 0.333. The topological polar surface area (TPSA) is 46.6 Å². The van der Waals surface area contributed by atoms with Gasteiger partial charge in [0.05, 0.1) is 13.5 Å². The number of methoxy groups -OCH3 is 1. The molecule has 1 rings (SSSR count). The summed E-state index contributed by atoms with van der Waals surface area (Å²) in [5.74, 6) is -0.436. The SMILES string of the molecule is C=CCN(CCC(=O)OC)C(=O)c1ccc(C)cc1. The van der Waals surface area contributed by atoms with E-state index >= 15 is 0 Å². The van der Waals surface area contributed by atoms with Gasteiger partial charge in [-0.3, -0.25) is 9.59 Å². The molecule has 0 N–H and O–H groups in total. The number of benzene rings is 1. The molecule has 0 aliphatic heterocycles. The van der Waals surface area contributed by atoms with Crippen LogP contribution in [0, 0.1) is 6.92 Å². The third kappa shape index (κ3) is 4.58. The van der Waals surface area contributed by atoms with Gasteiger partial charge in [0, 0.05) is 18.7 Å². The molecule has 0 fully saturated rings. The second-order valence-electron chi connectivity index (χ2n) is 4.23. The van der Waals surface area contributed by atoms with Crippen molar-refractivity contribution >= 4 is 11.9 Å². The summed E-state index contributed by atoms with van der Waals surface area (Å²) in [5, 5.41) is 0. The zero-order valence-electron chi connectivity index (χ0n) is 11.4. The zero-order valence-corrected chi connectivity index (χ0v) is 11.4. The Kier molecular flexibility index (Phi) is 5.79. The van der Waals surface area contributed by atoms with Crippen LogP contribution >= 0.6 is 0 Å². The molecule has 0 radical (unpaired) electrons. The third-order valence-corrected chi connectivity index (χ3v) is 2.75. The maximum atomic E-state index is 12.3. The first-order valence-electron chi connectivity index (χ1n) is 6.12. The van der Waals surface area contributed by atoms with E-state index in [0.717, 1.165) is 5.56 Å². The average molecular weight is 261 g/mol. The normalized spacial score (nSPS) is 9.79. The second kappa shape index (κ2) is 7.36. The molecule has 1 amide bonds. The summed E-state index contributed by atoms with van der Waals surface area (Å²) < 4.78 is 4.58. The van der Waals surface area contributed by atoms with Gasteiger partial charge in [0.1, 0.15) is 0 Å². The third-order valence-electron chi connectivity index (χ3n) is 2.75. The van der Waals surface area contributed by atoms with Crippen LogP contribution in [0.15, 0.2) is 36.9 Å². The first-order valence-corrected chi connectivity index (χ1v) is 6.12. The standard InChI is InChI=1S/C15H19NO3/c1-4-10-16(11-9-14(17)19-3)15(18)13-7-5-12(2)6-8-13/h4-8H,1,9-11H2,2-3H3. The van der Waals surface area contributed by atoms with E-state index in [1.54, 1.807) is 23.1 Å². The van der Waals surface area contributed by atoms with Crippen molar-refractivity contribution in [2.45, 2.75) is 13.3 Å². The molecule has 19 heavy (non-hydrogen) atoms. The van der Waals surface area contributed by atoms with Gasteiger partial charge in [0.15, 0.2) is 0 Å². The monoisotopic (exact) mass is 261 g/mol. The Bertz CT molecular complexity index is 451. The minimum Gasteiger partial charge on any atom is -0.469 e. The predicted molar refractivity (Wildman–Crippen MR) is 73.9 cm³/mol. The van der Waals surface area contributed by atoms with E-state index in [2.05, 4.69) is 11.3 Å². The van der Waals surface area contributed by atoms with Crippen molar-refractivity contribution in [3.63, 3.8) is 0 Å². The molecule has 0 aliphatic rings. The quantitative estimate of drug-likeness (QED) is 0.582. The maximum Gasteiger partial charge on any atom is 0.307 e. The summed E-state index contributed by atoms with van der Waals surface area (Å²) >= 11 is 0. The van der Waals surface area contributed by atoms with Crippen molar-refractivity contribution in [1.82, 2.24) is 4.90 Å². The molecule has 0 unspecified atom stereocenters. The Balaban J connectivity index is 2.74. The highest BCUT2D eigenvalue weighted by Gasteiger charge is 2.15. The van der Waals surface area contributed by atoms with Crippen LogP contribution in [0.2, 0.25) is 0 Å². The maximum absolute atomic E-state index is 12.3. The van der Waals surface area contributed by atoms with Gasteiger partial charge in [0.25, 0.3) is 5.91 Å². The van der Waals surface area contributed by atoms with Crippen molar-refractivity contribution in [2.75, 3.05) is 20.2 Å². The first-order chi connectivity index (χ1) is 9.08. The fourth-order valence-corrected chi connectivity index (χ4v) is 1.64. The van der Waals surface area contributed by atoms with Crippen molar-refractivity contribution in [3.8, 4) is 0 Å². The van der Waals surface area contributed by atoms with E-state index < -0.39 is 0 Å². The van der Waals surface area contributed by atoms with Crippen molar-refractivity contribution in [1.29, 1.82) is 0 Å². The summed E-state index contributed by atoms with van der Waals surface area (Å²) in [6.07, 6.45) is 1.82. The first kappa shape index (κ1) is 15.0. The Morgan fingerprint density at radius 3 is 2.47 bits per heavy atom. The van der Waals surface area contributed by atoms with Crippen molar-refractivity contribution in [2.24, 2.45) is 0 Å². The van der Waals surface area contributed by atoms with E-state index in [-0.39, 0.29) is 18.3 Å². The minimum atomic E-state index is -0.328. The number of amides is 1. The Hall–Kier alpha value is -2.10. The molecule has 0 bridgehead atoms. The summed E-state index contributed by atoms with van der Waals surface area (Å²) in [6.45, 7) is 6.32. The van der Waals surface area contributed by atoms with Crippen molar-refractivity contribution < 1.29 is 14.3 Å². The molecule has 0 aliphatic carbocycles. The minimum absolute atomic E-state index is 0.108. The summed E-state index contributed by atoms with van der Waals surface area (Å²) in [7, 11) is 1.34. The molecule has 0 atom stereocenters. The zero-order chi connectivity index (χ0) is 14.3. The molecular weight excluding hydrogens is 242 g/mol.